The molecule has 1 aromatic carbocycles. The van der Waals surface area contributed by atoms with Gasteiger partial charge in [0.2, 0.25) is 0 Å². The lowest BCUT2D eigenvalue weighted by Crippen LogP contribution is -2.25. The summed E-state index contributed by atoms with van der Waals surface area (Å²) >= 11 is 0. The fourth-order valence-electron chi connectivity index (χ4n) is 1.74. The second-order valence-electron chi connectivity index (χ2n) is 4.25. The molecule has 2 N–H and O–H groups in total. The number of nitrogens with zero attached hydrogens (tertiary/aromatic N) is 2. The maximum absolute atomic E-state index is 13.1. The topological polar surface area (TPSA) is 70.7 Å². The van der Waals surface area contributed by atoms with Crippen molar-refractivity contribution < 1.29 is 9.18 Å². The molecule has 0 fully saturated rings. The standard InChI is InChI=1S/C13H15FN4O/c1-9-4-5-10(14)7-11(9)13(19)15-6-2-3-12-16-8-17-18-12/h4-5,7-8H,2-3,6H2,1H3,(H,15,19)(H,16,17,18). The van der Waals surface area contributed by atoms with Gasteiger partial charge >= 0.3 is 0 Å². The normalized spacial score (nSPS) is 10.4. The first-order valence-electron chi connectivity index (χ1n) is 6.05. The summed E-state index contributed by atoms with van der Waals surface area (Å²) in [5.74, 6) is 0.128. The van der Waals surface area contributed by atoms with Crippen LogP contribution >= 0.6 is 0 Å². The zero-order chi connectivity index (χ0) is 13.7. The van der Waals surface area contributed by atoms with Gasteiger partial charge in [0, 0.05) is 18.5 Å². The summed E-state index contributed by atoms with van der Waals surface area (Å²) in [6, 6.07) is 4.19. The van der Waals surface area contributed by atoms with E-state index in [4.69, 9.17) is 0 Å². The van der Waals surface area contributed by atoms with E-state index in [-0.39, 0.29) is 5.91 Å². The lowest BCUT2D eigenvalue weighted by molar-refractivity contribution is 0.0952. The van der Waals surface area contributed by atoms with E-state index >= 15 is 0 Å². The number of benzene rings is 1. The minimum Gasteiger partial charge on any atom is -0.352 e. The highest BCUT2D eigenvalue weighted by molar-refractivity contribution is 5.95. The maximum atomic E-state index is 13.1. The van der Waals surface area contributed by atoms with Crippen molar-refractivity contribution in [1.29, 1.82) is 0 Å². The van der Waals surface area contributed by atoms with E-state index in [1.807, 2.05) is 0 Å². The molecule has 1 heterocycles. The molecular formula is C13H15FN4O. The number of rotatable bonds is 5. The summed E-state index contributed by atoms with van der Waals surface area (Å²) in [5, 5.41) is 9.25. The van der Waals surface area contributed by atoms with E-state index in [0.29, 0.717) is 18.5 Å². The molecule has 0 unspecified atom stereocenters. The highest BCUT2D eigenvalue weighted by Gasteiger charge is 2.09. The van der Waals surface area contributed by atoms with Crippen molar-refractivity contribution in [2.45, 2.75) is 19.8 Å². The van der Waals surface area contributed by atoms with Crippen molar-refractivity contribution in [2.24, 2.45) is 0 Å². The van der Waals surface area contributed by atoms with Gasteiger partial charge in [0.05, 0.1) is 0 Å². The van der Waals surface area contributed by atoms with Crippen LogP contribution in [0.1, 0.15) is 28.2 Å². The lowest BCUT2D eigenvalue weighted by atomic mass is 10.1. The van der Waals surface area contributed by atoms with Gasteiger partial charge in [-0.25, -0.2) is 9.37 Å². The third-order valence-corrected chi connectivity index (χ3v) is 2.79. The van der Waals surface area contributed by atoms with Gasteiger partial charge in [-0.1, -0.05) is 6.07 Å². The maximum Gasteiger partial charge on any atom is 0.251 e. The van der Waals surface area contributed by atoms with E-state index in [0.717, 1.165) is 17.8 Å². The van der Waals surface area contributed by atoms with Crippen molar-refractivity contribution in [3.8, 4) is 0 Å². The Labute approximate surface area is 110 Å². The molecule has 100 valence electrons. The molecule has 0 spiro atoms. The summed E-state index contributed by atoms with van der Waals surface area (Å²) < 4.78 is 13.1. The Morgan fingerprint density at radius 1 is 1.47 bits per heavy atom. The molecule has 5 nitrogen and oxygen atoms in total. The first kappa shape index (κ1) is 13.2. The van der Waals surface area contributed by atoms with Crippen LogP contribution in [0.3, 0.4) is 0 Å². The molecule has 0 saturated carbocycles. The molecular weight excluding hydrogens is 247 g/mol. The molecule has 19 heavy (non-hydrogen) atoms. The molecule has 0 atom stereocenters. The predicted octanol–water partition coefficient (Wildman–Crippen LogP) is 1.61. The number of hydrogen-bond acceptors (Lipinski definition) is 3. The van der Waals surface area contributed by atoms with Crippen LogP contribution < -0.4 is 5.32 Å². The van der Waals surface area contributed by atoms with Gasteiger partial charge in [-0.05, 0) is 31.0 Å². The van der Waals surface area contributed by atoms with Crippen LogP contribution in [0.4, 0.5) is 4.39 Å². The van der Waals surface area contributed by atoms with Gasteiger partial charge in [0.25, 0.3) is 5.91 Å². The minimum atomic E-state index is -0.405. The molecule has 0 aliphatic carbocycles. The molecule has 0 radical (unpaired) electrons. The van der Waals surface area contributed by atoms with Crippen LogP contribution in [0.25, 0.3) is 0 Å². The quantitative estimate of drug-likeness (QED) is 0.804. The van der Waals surface area contributed by atoms with Crippen molar-refractivity contribution >= 4 is 5.91 Å². The van der Waals surface area contributed by atoms with Gasteiger partial charge in [-0.15, -0.1) is 0 Å². The van der Waals surface area contributed by atoms with Crippen molar-refractivity contribution in [1.82, 2.24) is 20.5 Å². The van der Waals surface area contributed by atoms with E-state index in [1.165, 1.54) is 18.5 Å². The van der Waals surface area contributed by atoms with Crippen LogP contribution in [0.5, 0.6) is 0 Å². The summed E-state index contributed by atoms with van der Waals surface area (Å²) in [4.78, 5) is 15.9. The summed E-state index contributed by atoms with van der Waals surface area (Å²) in [5.41, 5.74) is 1.13. The molecule has 0 aliphatic rings. The first-order valence-corrected chi connectivity index (χ1v) is 6.05. The lowest BCUT2D eigenvalue weighted by Gasteiger charge is -2.07. The number of H-pyrrole nitrogens is 1. The van der Waals surface area contributed by atoms with Gasteiger partial charge in [0.1, 0.15) is 18.0 Å². The number of carbonyl (C=O) groups excluding carboxylic acids is 1. The Bertz CT molecular complexity index is 554. The van der Waals surface area contributed by atoms with E-state index in [1.54, 1.807) is 13.0 Å². The van der Waals surface area contributed by atoms with Crippen LogP contribution in [0.2, 0.25) is 0 Å². The largest absolute Gasteiger partial charge is 0.352 e. The average molecular weight is 262 g/mol. The fraction of sp³-hybridized carbons (Fsp3) is 0.308. The van der Waals surface area contributed by atoms with Gasteiger partial charge in [-0.3, -0.25) is 9.89 Å². The van der Waals surface area contributed by atoms with E-state index in [9.17, 15) is 9.18 Å². The van der Waals surface area contributed by atoms with E-state index in [2.05, 4.69) is 20.5 Å². The number of halogens is 1. The zero-order valence-electron chi connectivity index (χ0n) is 10.6. The Morgan fingerprint density at radius 2 is 2.32 bits per heavy atom. The summed E-state index contributed by atoms with van der Waals surface area (Å²) in [6.45, 7) is 2.29. The first-order chi connectivity index (χ1) is 9.16. The van der Waals surface area contributed by atoms with Crippen molar-refractivity contribution in [3.05, 3.63) is 47.3 Å². The monoisotopic (exact) mass is 262 g/mol. The average Bonchev–Trinajstić information content (AvgIpc) is 2.90. The Morgan fingerprint density at radius 3 is 3.05 bits per heavy atom. The number of aromatic nitrogens is 3. The molecule has 0 aliphatic heterocycles. The van der Waals surface area contributed by atoms with Crippen LogP contribution in [-0.4, -0.2) is 27.6 Å². The number of carbonyl (C=O) groups is 1. The van der Waals surface area contributed by atoms with Gasteiger partial charge in [-0.2, -0.15) is 5.10 Å². The Kier molecular flexibility index (Phi) is 4.22. The fourth-order valence-corrected chi connectivity index (χ4v) is 1.74. The SMILES string of the molecule is Cc1ccc(F)cc1C(=O)NCCCc1ncn[nH]1. The van der Waals surface area contributed by atoms with Gasteiger partial charge < -0.3 is 5.32 Å². The van der Waals surface area contributed by atoms with E-state index < -0.39 is 5.82 Å². The Balaban J connectivity index is 1.82. The van der Waals surface area contributed by atoms with Crippen molar-refractivity contribution in [3.63, 3.8) is 0 Å². The van der Waals surface area contributed by atoms with Crippen molar-refractivity contribution in [2.75, 3.05) is 6.54 Å². The zero-order valence-corrected chi connectivity index (χ0v) is 10.6. The minimum absolute atomic E-state index is 0.255. The molecule has 1 aromatic heterocycles. The molecule has 0 bridgehead atoms. The number of aryl methyl sites for hydroxylation is 2. The molecule has 6 heteroatoms. The highest BCUT2D eigenvalue weighted by atomic mass is 19.1. The number of nitrogens with one attached hydrogen (secondary N) is 2. The second kappa shape index (κ2) is 6.08. The van der Waals surface area contributed by atoms with Crippen LogP contribution in [-0.2, 0) is 6.42 Å². The third-order valence-electron chi connectivity index (χ3n) is 2.79. The van der Waals surface area contributed by atoms with Gasteiger partial charge in [0.15, 0.2) is 0 Å². The molecule has 0 saturated heterocycles. The molecule has 2 rings (SSSR count). The number of amides is 1. The summed E-state index contributed by atoms with van der Waals surface area (Å²) in [7, 11) is 0. The predicted molar refractivity (Wildman–Crippen MR) is 68.2 cm³/mol. The number of aromatic amines is 1. The molecule has 2 aromatic rings. The molecule has 1 amide bonds. The van der Waals surface area contributed by atoms with Crippen LogP contribution in [0.15, 0.2) is 24.5 Å². The second-order valence-corrected chi connectivity index (χ2v) is 4.25. The Hall–Kier alpha value is -2.24. The third kappa shape index (κ3) is 3.61. The smallest absolute Gasteiger partial charge is 0.251 e. The van der Waals surface area contributed by atoms with Crippen LogP contribution in [0, 0.1) is 12.7 Å². The summed E-state index contributed by atoms with van der Waals surface area (Å²) in [6.07, 6.45) is 2.90. The highest BCUT2D eigenvalue weighted by Crippen LogP contribution is 2.09. The number of hydrogen-bond donors (Lipinski definition) is 2.